The molecule has 2 aromatic rings. The third kappa shape index (κ3) is 5.77. The maximum atomic E-state index is 12.5. The normalized spacial score (nSPS) is 14.7. The minimum absolute atomic E-state index is 0.0291. The minimum atomic E-state index is -0.433. The van der Waals surface area contributed by atoms with Gasteiger partial charge in [-0.05, 0) is 66.6 Å². The van der Waals surface area contributed by atoms with Crippen molar-refractivity contribution in [3.63, 3.8) is 0 Å². The molecule has 1 aliphatic heterocycles. The molecule has 0 radical (unpaired) electrons. The Morgan fingerprint density at radius 3 is 2.53 bits per heavy atom. The van der Waals surface area contributed by atoms with Crippen LogP contribution >= 0.6 is 23.4 Å². The molecule has 0 unspecified atom stereocenters. The van der Waals surface area contributed by atoms with Gasteiger partial charge in [-0.3, -0.25) is 24.1 Å². The molecule has 1 fully saturated rings. The number of hydrogen-bond acceptors (Lipinski definition) is 5. The molecule has 7 nitrogen and oxygen atoms in total. The molecule has 2 aromatic carbocycles. The number of thioether (sulfide) groups is 1. The molecule has 9 heteroatoms. The molecule has 0 aliphatic carbocycles. The number of imide groups is 1. The Labute approximate surface area is 195 Å². The number of nitrogens with one attached hydrogen (secondary N) is 2. The maximum absolute atomic E-state index is 12.5. The summed E-state index contributed by atoms with van der Waals surface area (Å²) in [6.45, 7) is 3.76. The Kier molecular flexibility index (Phi) is 7.71. The van der Waals surface area contributed by atoms with Crippen LogP contribution in [0, 0.1) is 13.8 Å². The van der Waals surface area contributed by atoms with Crippen molar-refractivity contribution < 1.29 is 19.2 Å². The highest BCUT2D eigenvalue weighted by Gasteiger charge is 2.34. The van der Waals surface area contributed by atoms with Gasteiger partial charge in [0.25, 0.3) is 17.1 Å². The van der Waals surface area contributed by atoms with Gasteiger partial charge in [-0.25, -0.2) is 0 Å². The van der Waals surface area contributed by atoms with Gasteiger partial charge in [0, 0.05) is 23.7 Å². The van der Waals surface area contributed by atoms with Crippen molar-refractivity contribution in [2.45, 2.75) is 13.8 Å². The monoisotopic (exact) mass is 471 g/mol. The summed E-state index contributed by atoms with van der Waals surface area (Å²) in [5.74, 6) is -1.20. The largest absolute Gasteiger partial charge is 0.353 e. The lowest BCUT2D eigenvalue weighted by atomic mass is 10.1. The second-order valence-corrected chi connectivity index (χ2v) is 8.59. The van der Waals surface area contributed by atoms with E-state index in [-0.39, 0.29) is 30.4 Å². The summed E-state index contributed by atoms with van der Waals surface area (Å²) in [6, 6.07) is 12.3. The molecule has 32 heavy (non-hydrogen) atoms. The average molecular weight is 472 g/mol. The number of carbonyl (C=O) groups is 4. The van der Waals surface area contributed by atoms with Crippen LogP contribution in [0.2, 0.25) is 5.02 Å². The Bertz CT molecular complexity index is 1120. The van der Waals surface area contributed by atoms with Crippen LogP contribution in [0.4, 0.5) is 4.79 Å². The van der Waals surface area contributed by atoms with E-state index in [1.807, 2.05) is 19.9 Å². The van der Waals surface area contributed by atoms with Gasteiger partial charge >= 0.3 is 0 Å². The van der Waals surface area contributed by atoms with E-state index in [1.54, 1.807) is 42.5 Å². The molecule has 2 N–H and O–H groups in total. The summed E-state index contributed by atoms with van der Waals surface area (Å²) in [4.78, 5) is 50.3. The molecule has 0 bridgehead atoms. The highest BCUT2D eigenvalue weighted by Crippen LogP contribution is 2.33. The molecular weight excluding hydrogens is 450 g/mol. The first-order valence-corrected chi connectivity index (χ1v) is 11.1. The fourth-order valence-electron chi connectivity index (χ4n) is 2.94. The molecule has 3 rings (SSSR count). The lowest BCUT2D eigenvalue weighted by Crippen LogP contribution is -2.41. The lowest BCUT2D eigenvalue weighted by Gasteiger charge is -2.13. The van der Waals surface area contributed by atoms with E-state index in [1.165, 1.54) is 0 Å². The predicted molar refractivity (Wildman–Crippen MR) is 125 cm³/mol. The third-order valence-electron chi connectivity index (χ3n) is 4.90. The van der Waals surface area contributed by atoms with Crippen LogP contribution in [0.5, 0.6) is 0 Å². The molecule has 1 heterocycles. The van der Waals surface area contributed by atoms with E-state index in [0.717, 1.165) is 27.8 Å². The van der Waals surface area contributed by atoms with E-state index in [2.05, 4.69) is 10.6 Å². The second kappa shape index (κ2) is 10.5. The molecule has 166 valence electrons. The van der Waals surface area contributed by atoms with Crippen molar-refractivity contribution in [2.24, 2.45) is 0 Å². The molecule has 0 atom stereocenters. The number of rotatable bonds is 7. The molecule has 4 amide bonds. The van der Waals surface area contributed by atoms with Crippen molar-refractivity contribution in [2.75, 3.05) is 19.6 Å². The summed E-state index contributed by atoms with van der Waals surface area (Å²) in [5.41, 5.74) is 3.19. The third-order valence-corrected chi connectivity index (χ3v) is 6.15. The van der Waals surface area contributed by atoms with Crippen LogP contribution in [-0.2, 0) is 9.59 Å². The van der Waals surface area contributed by atoms with Crippen molar-refractivity contribution in [3.05, 3.63) is 74.6 Å². The van der Waals surface area contributed by atoms with Gasteiger partial charge in [0.1, 0.15) is 0 Å². The van der Waals surface area contributed by atoms with Gasteiger partial charge in [0.15, 0.2) is 0 Å². The fraction of sp³-hybridized carbons (Fsp3) is 0.217. The Hall–Kier alpha value is -3.10. The number of carbonyl (C=O) groups excluding carboxylic acids is 4. The van der Waals surface area contributed by atoms with Crippen molar-refractivity contribution >= 4 is 52.4 Å². The van der Waals surface area contributed by atoms with Crippen molar-refractivity contribution in [3.8, 4) is 0 Å². The number of amides is 4. The van der Waals surface area contributed by atoms with Gasteiger partial charge in [-0.15, -0.1) is 0 Å². The molecule has 0 saturated carbocycles. The molecule has 0 aromatic heterocycles. The van der Waals surface area contributed by atoms with Gasteiger partial charge in [0.05, 0.1) is 11.4 Å². The molecule has 1 aliphatic rings. The van der Waals surface area contributed by atoms with Crippen LogP contribution in [0.25, 0.3) is 6.08 Å². The number of benzene rings is 2. The van der Waals surface area contributed by atoms with Gasteiger partial charge in [-0.1, -0.05) is 35.9 Å². The summed E-state index contributed by atoms with van der Waals surface area (Å²) in [7, 11) is 0. The van der Waals surface area contributed by atoms with Crippen LogP contribution in [0.3, 0.4) is 0 Å². The van der Waals surface area contributed by atoms with Crippen LogP contribution in [0.1, 0.15) is 27.0 Å². The van der Waals surface area contributed by atoms with E-state index >= 15 is 0 Å². The topological polar surface area (TPSA) is 95.6 Å². The zero-order valence-electron chi connectivity index (χ0n) is 17.6. The van der Waals surface area contributed by atoms with E-state index < -0.39 is 17.1 Å². The smallest absolute Gasteiger partial charge is 0.293 e. The zero-order valence-corrected chi connectivity index (χ0v) is 19.2. The van der Waals surface area contributed by atoms with E-state index in [0.29, 0.717) is 16.1 Å². The van der Waals surface area contributed by atoms with E-state index in [9.17, 15) is 19.2 Å². The summed E-state index contributed by atoms with van der Waals surface area (Å²) >= 11 is 6.93. The number of halogens is 1. The lowest BCUT2D eigenvalue weighted by molar-refractivity contribution is -0.124. The van der Waals surface area contributed by atoms with Crippen LogP contribution in [-0.4, -0.2) is 47.5 Å². The highest BCUT2D eigenvalue weighted by molar-refractivity contribution is 8.18. The van der Waals surface area contributed by atoms with E-state index in [4.69, 9.17) is 11.6 Å². The summed E-state index contributed by atoms with van der Waals surface area (Å²) in [6.07, 6.45) is 1.58. The SMILES string of the molecule is Cc1ccc(C(=O)NCC(=O)NCCN2C(=O)SC(=Cc3ccccc3Cl)C2=O)cc1C. The van der Waals surface area contributed by atoms with Crippen LogP contribution < -0.4 is 10.6 Å². The highest BCUT2D eigenvalue weighted by atomic mass is 35.5. The molecule has 1 saturated heterocycles. The first-order valence-electron chi connectivity index (χ1n) is 9.88. The van der Waals surface area contributed by atoms with Gasteiger partial charge in [0.2, 0.25) is 5.91 Å². The Morgan fingerprint density at radius 2 is 1.81 bits per heavy atom. The molecule has 0 spiro atoms. The fourth-order valence-corrected chi connectivity index (χ4v) is 3.99. The van der Waals surface area contributed by atoms with Gasteiger partial charge in [-0.2, -0.15) is 0 Å². The second-order valence-electron chi connectivity index (χ2n) is 7.19. The Balaban J connectivity index is 1.47. The number of hydrogen-bond donors (Lipinski definition) is 2. The summed E-state index contributed by atoms with van der Waals surface area (Å²) in [5, 5.41) is 5.23. The van der Waals surface area contributed by atoms with Crippen molar-refractivity contribution in [1.82, 2.24) is 15.5 Å². The van der Waals surface area contributed by atoms with Gasteiger partial charge < -0.3 is 10.6 Å². The van der Waals surface area contributed by atoms with Crippen molar-refractivity contribution in [1.29, 1.82) is 0 Å². The first-order chi connectivity index (χ1) is 15.3. The number of nitrogens with zero attached hydrogens (tertiary/aromatic N) is 1. The standard InChI is InChI=1S/C23H22ClN3O4S/c1-14-7-8-17(11-15(14)2)21(29)26-13-20(28)25-9-10-27-22(30)19(32-23(27)31)12-16-5-3-4-6-18(16)24/h3-8,11-12H,9-10,13H2,1-2H3,(H,25,28)(H,26,29). The Morgan fingerprint density at radius 1 is 1.06 bits per heavy atom. The summed E-state index contributed by atoms with van der Waals surface area (Å²) < 4.78 is 0. The molecular formula is C23H22ClN3O4S. The maximum Gasteiger partial charge on any atom is 0.293 e. The quantitative estimate of drug-likeness (QED) is 0.602. The first kappa shape index (κ1) is 23.6. The van der Waals surface area contributed by atoms with Crippen LogP contribution in [0.15, 0.2) is 47.4 Å². The predicted octanol–water partition coefficient (Wildman–Crippen LogP) is 3.54. The minimum Gasteiger partial charge on any atom is -0.353 e. The number of aryl methyl sites for hydroxylation is 2. The zero-order chi connectivity index (χ0) is 23.3. The average Bonchev–Trinajstić information content (AvgIpc) is 3.03.